The standard InChI is InChI=1S/C21H28O3/c1-4-17(3)18-11-13-20(14-12-18)24-21(5-2)23-16-15-22-19-9-7-6-8-10-19/h6-14,17,21H,4-5,15-16H2,1-3H3. The molecule has 0 heterocycles. The summed E-state index contributed by atoms with van der Waals surface area (Å²) in [7, 11) is 0. The van der Waals surface area contributed by atoms with Crippen molar-refractivity contribution in [2.75, 3.05) is 13.2 Å². The Labute approximate surface area is 145 Å². The van der Waals surface area contributed by atoms with E-state index in [1.165, 1.54) is 5.56 Å². The quantitative estimate of drug-likeness (QED) is 0.431. The van der Waals surface area contributed by atoms with Gasteiger partial charge in [-0.3, -0.25) is 0 Å². The molecule has 0 aliphatic heterocycles. The van der Waals surface area contributed by atoms with E-state index in [2.05, 4.69) is 32.9 Å². The monoisotopic (exact) mass is 328 g/mol. The Balaban J connectivity index is 1.75. The molecule has 0 spiro atoms. The van der Waals surface area contributed by atoms with Crippen LogP contribution in [0.3, 0.4) is 0 Å². The van der Waals surface area contributed by atoms with Crippen LogP contribution in [0.25, 0.3) is 0 Å². The summed E-state index contributed by atoms with van der Waals surface area (Å²) in [5.74, 6) is 2.28. The van der Waals surface area contributed by atoms with Crippen molar-refractivity contribution < 1.29 is 14.2 Å². The van der Waals surface area contributed by atoms with Crippen molar-refractivity contribution in [3.63, 3.8) is 0 Å². The molecule has 0 amide bonds. The minimum absolute atomic E-state index is 0.251. The smallest absolute Gasteiger partial charge is 0.199 e. The minimum atomic E-state index is -0.251. The van der Waals surface area contributed by atoms with Crippen LogP contribution in [0.1, 0.15) is 45.1 Å². The second-order valence-corrected chi connectivity index (χ2v) is 5.87. The number of rotatable bonds is 10. The number of ether oxygens (including phenoxy) is 3. The Hall–Kier alpha value is -2.00. The van der Waals surface area contributed by atoms with Crippen LogP contribution in [0.4, 0.5) is 0 Å². The normalized spacial score (nSPS) is 13.3. The molecule has 0 saturated carbocycles. The molecule has 0 saturated heterocycles. The van der Waals surface area contributed by atoms with Crippen LogP contribution in [0.2, 0.25) is 0 Å². The Bertz CT molecular complexity index is 565. The molecular formula is C21H28O3. The molecule has 0 radical (unpaired) electrons. The predicted molar refractivity (Wildman–Crippen MR) is 97.7 cm³/mol. The number of hydrogen-bond acceptors (Lipinski definition) is 3. The van der Waals surface area contributed by atoms with Gasteiger partial charge >= 0.3 is 0 Å². The molecule has 0 bridgehead atoms. The maximum absolute atomic E-state index is 5.91. The Morgan fingerprint density at radius 3 is 2.12 bits per heavy atom. The van der Waals surface area contributed by atoms with Gasteiger partial charge in [0.1, 0.15) is 18.1 Å². The average molecular weight is 328 g/mol. The lowest BCUT2D eigenvalue weighted by Crippen LogP contribution is -2.22. The molecule has 0 aliphatic rings. The molecule has 2 rings (SSSR count). The second-order valence-electron chi connectivity index (χ2n) is 5.87. The molecule has 24 heavy (non-hydrogen) atoms. The van der Waals surface area contributed by atoms with Gasteiger partial charge in [-0.1, -0.05) is 51.1 Å². The highest BCUT2D eigenvalue weighted by Gasteiger charge is 2.09. The molecule has 2 atom stereocenters. The van der Waals surface area contributed by atoms with E-state index in [4.69, 9.17) is 14.2 Å². The largest absolute Gasteiger partial charge is 0.491 e. The molecule has 0 aliphatic carbocycles. The average Bonchev–Trinajstić information content (AvgIpc) is 2.65. The summed E-state index contributed by atoms with van der Waals surface area (Å²) in [5, 5.41) is 0. The van der Waals surface area contributed by atoms with Gasteiger partial charge in [-0.05, 0) is 42.2 Å². The SMILES string of the molecule is CCC(OCCOc1ccccc1)Oc1ccc(C(C)CC)cc1. The van der Waals surface area contributed by atoms with Crippen molar-refractivity contribution in [2.45, 2.75) is 45.8 Å². The van der Waals surface area contributed by atoms with Gasteiger partial charge in [0.15, 0.2) is 6.29 Å². The zero-order chi connectivity index (χ0) is 17.2. The van der Waals surface area contributed by atoms with E-state index in [9.17, 15) is 0 Å². The van der Waals surface area contributed by atoms with Gasteiger partial charge in [0, 0.05) is 6.42 Å². The molecule has 0 aromatic heterocycles. The third-order valence-corrected chi connectivity index (χ3v) is 4.06. The lowest BCUT2D eigenvalue weighted by molar-refractivity contribution is -0.0880. The third kappa shape index (κ3) is 5.89. The van der Waals surface area contributed by atoms with E-state index in [1.807, 2.05) is 42.5 Å². The van der Waals surface area contributed by atoms with Gasteiger partial charge in [0.2, 0.25) is 0 Å². The van der Waals surface area contributed by atoms with Gasteiger partial charge in [-0.15, -0.1) is 0 Å². The second kappa shape index (κ2) is 9.99. The maximum Gasteiger partial charge on any atom is 0.199 e. The molecule has 2 aromatic rings. The van der Waals surface area contributed by atoms with Crippen molar-refractivity contribution in [3.05, 3.63) is 60.2 Å². The van der Waals surface area contributed by atoms with Gasteiger partial charge in [-0.2, -0.15) is 0 Å². The van der Waals surface area contributed by atoms with E-state index in [-0.39, 0.29) is 6.29 Å². The van der Waals surface area contributed by atoms with Gasteiger partial charge in [-0.25, -0.2) is 0 Å². The highest BCUT2D eigenvalue weighted by molar-refractivity contribution is 5.29. The summed E-state index contributed by atoms with van der Waals surface area (Å²) in [4.78, 5) is 0. The highest BCUT2D eigenvalue weighted by Crippen LogP contribution is 2.22. The number of para-hydroxylation sites is 1. The molecule has 2 aromatic carbocycles. The molecular weight excluding hydrogens is 300 g/mol. The Kier molecular flexibility index (Phi) is 7.63. The van der Waals surface area contributed by atoms with Crippen molar-refractivity contribution >= 4 is 0 Å². The zero-order valence-electron chi connectivity index (χ0n) is 14.9. The topological polar surface area (TPSA) is 27.7 Å². The minimum Gasteiger partial charge on any atom is -0.491 e. The van der Waals surface area contributed by atoms with Crippen LogP contribution < -0.4 is 9.47 Å². The summed E-state index contributed by atoms with van der Waals surface area (Å²) < 4.78 is 17.3. The summed E-state index contributed by atoms with van der Waals surface area (Å²) >= 11 is 0. The fourth-order valence-electron chi connectivity index (χ4n) is 2.35. The molecule has 130 valence electrons. The first-order valence-corrected chi connectivity index (χ1v) is 8.79. The first-order chi connectivity index (χ1) is 11.7. The highest BCUT2D eigenvalue weighted by atomic mass is 16.7. The summed E-state index contributed by atoms with van der Waals surface area (Å²) in [6.07, 6.45) is 1.68. The van der Waals surface area contributed by atoms with Crippen LogP contribution in [-0.4, -0.2) is 19.5 Å². The lowest BCUT2D eigenvalue weighted by atomic mass is 9.99. The molecule has 0 fully saturated rings. The summed E-state index contributed by atoms with van der Waals surface area (Å²) in [5.41, 5.74) is 1.34. The fraction of sp³-hybridized carbons (Fsp3) is 0.429. The number of benzene rings is 2. The maximum atomic E-state index is 5.91. The third-order valence-electron chi connectivity index (χ3n) is 4.06. The van der Waals surface area contributed by atoms with Crippen molar-refractivity contribution in [2.24, 2.45) is 0 Å². The Morgan fingerprint density at radius 1 is 0.792 bits per heavy atom. The van der Waals surface area contributed by atoms with Crippen molar-refractivity contribution in [3.8, 4) is 11.5 Å². The summed E-state index contributed by atoms with van der Waals surface area (Å²) in [6.45, 7) is 7.50. The van der Waals surface area contributed by atoms with E-state index in [1.54, 1.807) is 0 Å². The van der Waals surface area contributed by atoms with E-state index >= 15 is 0 Å². The van der Waals surface area contributed by atoms with Gasteiger partial charge < -0.3 is 14.2 Å². The van der Waals surface area contributed by atoms with Crippen LogP contribution >= 0.6 is 0 Å². The van der Waals surface area contributed by atoms with E-state index in [0.717, 1.165) is 24.3 Å². The van der Waals surface area contributed by atoms with Crippen molar-refractivity contribution in [1.29, 1.82) is 0 Å². The predicted octanol–water partition coefficient (Wildman–Crippen LogP) is 5.41. The molecule has 3 heteroatoms. The van der Waals surface area contributed by atoms with E-state index < -0.39 is 0 Å². The first-order valence-electron chi connectivity index (χ1n) is 8.79. The fourth-order valence-corrected chi connectivity index (χ4v) is 2.35. The molecule has 3 nitrogen and oxygen atoms in total. The zero-order valence-corrected chi connectivity index (χ0v) is 14.9. The Morgan fingerprint density at radius 2 is 1.50 bits per heavy atom. The van der Waals surface area contributed by atoms with Crippen LogP contribution in [-0.2, 0) is 4.74 Å². The van der Waals surface area contributed by atoms with E-state index in [0.29, 0.717) is 19.1 Å². The van der Waals surface area contributed by atoms with Crippen LogP contribution in [0, 0.1) is 0 Å². The van der Waals surface area contributed by atoms with Crippen LogP contribution in [0.15, 0.2) is 54.6 Å². The first kappa shape index (κ1) is 18.3. The lowest BCUT2D eigenvalue weighted by Gasteiger charge is -2.19. The van der Waals surface area contributed by atoms with Crippen molar-refractivity contribution in [1.82, 2.24) is 0 Å². The van der Waals surface area contributed by atoms with Gasteiger partial charge in [0.25, 0.3) is 0 Å². The number of hydrogen-bond donors (Lipinski definition) is 0. The summed E-state index contributed by atoms with van der Waals surface area (Å²) in [6, 6.07) is 18.1. The molecule has 0 N–H and O–H groups in total. The molecule has 2 unspecified atom stereocenters. The van der Waals surface area contributed by atoms with Crippen LogP contribution in [0.5, 0.6) is 11.5 Å². The van der Waals surface area contributed by atoms with Gasteiger partial charge in [0.05, 0.1) is 6.61 Å².